The Balaban J connectivity index is 2.00. The largest absolute Gasteiger partial charge is 0.508 e. The number of hydrogen-bond donors (Lipinski definition) is 2. The van der Waals surface area contributed by atoms with Crippen LogP contribution in [0.4, 0.5) is 5.69 Å². The lowest BCUT2D eigenvalue weighted by molar-refractivity contribution is -0.132. The van der Waals surface area contributed by atoms with Crippen LogP contribution in [-0.4, -0.2) is 29.0 Å². The van der Waals surface area contributed by atoms with Gasteiger partial charge in [0.05, 0.1) is 23.7 Å². The molecule has 2 N–H and O–H groups in total. The number of aliphatic hydroxyl groups is 1. The van der Waals surface area contributed by atoms with Gasteiger partial charge in [-0.05, 0) is 66.9 Å². The molecule has 7 heteroatoms. The average molecular weight is 464 g/mol. The smallest absolute Gasteiger partial charge is 0.300 e. The first kappa shape index (κ1) is 22.4. The minimum Gasteiger partial charge on any atom is -0.508 e. The second-order valence-corrected chi connectivity index (χ2v) is 8.30. The van der Waals surface area contributed by atoms with Gasteiger partial charge in [0, 0.05) is 11.3 Å². The number of methoxy groups -OCH3 is 1. The summed E-state index contributed by atoms with van der Waals surface area (Å²) in [4.78, 5) is 28.0. The van der Waals surface area contributed by atoms with E-state index in [1.54, 1.807) is 24.3 Å². The summed E-state index contributed by atoms with van der Waals surface area (Å²) in [5, 5.41) is 21.3. The highest BCUT2D eigenvalue weighted by atomic mass is 35.5. The molecule has 1 saturated heterocycles. The number of carbonyl (C=O) groups is 2. The molecule has 1 aliphatic rings. The predicted molar refractivity (Wildman–Crippen MR) is 127 cm³/mol. The van der Waals surface area contributed by atoms with Crippen molar-refractivity contribution < 1.29 is 24.5 Å². The number of benzene rings is 3. The number of Topliss-reactive ketones (excluding diaryl/α,β-unsaturated/α-hetero) is 1. The minimum atomic E-state index is -0.923. The molecular formula is C26H22ClNO5. The third-order valence-corrected chi connectivity index (χ3v) is 6.04. The Hall–Kier alpha value is -3.77. The summed E-state index contributed by atoms with van der Waals surface area (Å²) in [5.74, 6) is -1.51. The number of rotatable bonds is 4. The molecule has 33 heavy (non-hydrogen) atoms. The van der Waals surface area contributed by atoms with E-state index in [9.17, 15) is 19.8 Å². The molecule has 0 aromatic heterocycles. The molecule has 3 aromatic carbocycles. The number of amides is 1. The van der Waals surface area contributed by atoms with Gasteiger partial charge in [-0.25, -0.2) is 0 Å². The fourth-order valence-corrected chi connectivity index (χ4v) is 4.20. The number of carbonyl (C=O) groups excluding carboxylic acids is 2. The summed E-state index contributed by atoms with van der Waals surface area (Å²) in [5.41, 5.74) is 2.91. The van der Waals surface area contributed by atoms with E-state index in [2.05, 4.69) is 0 Å². The van der Waals surface area contributed by atoms with E-state index < -0.39 is 23.5 Å². The zero-order valence-electron chi connectivity index (χ0n) is 18.3. The summed E-state index contributed by atoms with van der Waals surface area (Å²) < 4.78 is 5.23. The van der Waals surface area contributed by atoms with Crippen molar-refractivity contribution in [3.8, 4) is 11.5 Å². The molecule has 4 rings (SSSR count). The van der Waals surface area contributed by atoms with Gasteiger partial charge in [0.25, 0.3) is 11.7 Å². The van der Waals surface area contributed by atoms with Crippen LogP contribution in [0, 0.1) is 13.8 Å². The van der Waals surface area contributed by atoms with Gasteiger partial charge < -0.3 is 14.9 Å². The van der Waals surface area contributed by atoms with E-state index >= 15 is 0 Å². The first-order valence-electron chi connectivity index (χ1n) is 10.2. The molecule has 168 valence electrons. The van der Waals surface area contributed by atoms with Crippen molar-refractivity contribution in [2.45, 2.75) is 19.9 Å². The van der Waals surface area contributed by atoms with Crippen molar-refractivity contribution in [2.75, 3.05) is 12.0 Å². The Morgan fingerprint density at radius 1 is 1.00 bits per heavy atom. The van der Waals surface area contributed by atoms with Crippen LogP contribution in [0.5, 0.6) is 11.5 Å². The van der Waals surface area contributed by atoms with E-state index in [1.807, 2.05) is 32.0 Å². The molecule has 1 atom stereocenters. The molecule has 1 amide bonds. The normalized spacial score (nSPS) is 17.5. The Labute approximate surface area is 196 Å². The van der Waals surface area contributed by atoms with E-state index in [4.69, 9.17) is 16.3 Å². The van der Waals surface area contributed by atoms with Crippen LogP contribution in [0.15, 0.2) is 66.2 Å². The zero-order chi connectivity index (χ0) is 23.9. The molecule has 6 nitrogen and oxygen atoms in total. The van der Waals surface area contributed by atoms with E-state index in [1.165, 1.54) is 30.2 Å². The molecule has 1 fully saturated rings. The van der Waals surface area contributed by atoms with E-state index in [0.717, 1.165) is 11.1 Å². The van der Waals surface area contributed by atoms with Crippen molar-refractivity contribution in [1.82, 2.24) is 0 Å². The number of nitrogens with zero attached hydrogens (tertiary/aromatic N) is 1. The summed E-state index contributed by atoms with van der Waals surface area (Å²) in [6.45, 7) is 3.74. The van der Waals surface area contributed by atoms with Gasteiger partial charge in [-0.2, -0.15) is 0 Å². The summed E-state index contributed by atoms with van der Waals surface area (Å²) in [6.07, 6.45) is 0. The summed E-state index contributed by atoms with van der Waals surface area (Å²) in [7, 11) is 1.48. The molecule has 3 aromatic rings. The van der Waals surface area contributed by atoms with Crippen LogP contribution in [0.2, 0.25) is 5.02 Å². The van der Waals surface area contributed by atoms with Gasteiger partial charge in [-0.15, -0.1) is 0 Å². The number of anilines is 1. The topological polar surface area (TPSA) is 87.1 Å². The van der Waals surface area contributed by atoms with E-state index in [-0.39, 0.29) is 21.9 Å². The second-order valence-electron chi connectivity index (χ2n) is 7.90. The Kier molecular flexibility index (Phi) is 5.87. The number of phenolic OH excluding ortho intramolecular Hbond substituents is 1. The Bertz CT molecular complexity index is 1300. The molecule has 0 radical (unpaired) electrons. The minimum absolute atomic E-state index is 0.0401. The zero-order valence-corrected chi connectivity index (χ0v) is 19.1. The first-order chi connectivity index (χ1) is 15.7. The van der Waals surface area contributed by atoms with Crippen molar-refractivity contribution in [3.63, 3.8) is 0 Å². The van der Waals surface area contributed by atoms with Crippen molar-refractivity contribution in [1.29, 1.82) is 0 Å². The average Bonchev–Trinajstić information content (AvgIpc) is 3.06. The van der Waals surface area contributed by atoms with Gasteiger partial charge in [0.15, 0.2) is 0 Å². The number of ether oxygens (including phenoxy) is 1. The van der Waals surface area contributed by atoms with Gasteiger partial charge in [-0.3, -0.25) is 14.5 Å². The SMILES string of the molecule is COc1ccc(Cl)c(/C(O)=C2\C(=O)C(=O)N(c3cc(C)ccc3C)C2c2ccc(O)cc2)c1. The molecule has 0 saturated carbocycles. The maximum atomic E-state index is 13.3. The lowest BCUT2D eigenvalue weighted by Gasteiger charge is -2.27. The van der Waals surface area contributed by atoms with Crippen molar-refractivity contribution in [3.05, 3.63) is 93.5 Å². The molecule has 0 aliphatic carbocycles. The maximum absolute atomic E-state index is 13.3. The third-order valence-electron chi connectivity index (χ3n) is 5.71. The summed E-state index contributed by atoms with van der Waals surface area (Å²) >= 11 is 6.33. The van der Waals surface area contributed by atoms with Crippen molar-refractivity contribution in [2.24, 2.45) is 0 Å². The van der Waals surface area contributed by atoms with Gasteiger partial charge in [0.2, 0.25) is 0 Å². The van der Waals surface area contributed by atoms with Crippen LogP contribution >= 0.6 is 11.6 Å². The second kappa shape index (κ2) is 8.64. The number of aryl methyl sites for hydroxylation is 2. The fraction of sp³-hybridized carbons (Fsp3) is 0.154. The van der Waals surface area contributed by atoms with Crippen LogP contribution in [0.3, 0.4) is 0 Å². The molecule has 0 spiro atoms. The molecule has 0 bridgehead atoms. The monoisotopic (exact) mass is 463 g/mol. The maximum Gasteiger partial charge on any atom is 0.300 e. The molecule has 1 heterocycles. The number of hydrogen-bond acceptors (Lipinski definition) is 5. The quantitative estimate of drug-likeness (QED) is 0.311. The first-order valence-corrected chi connectivity index (χ1v) is 10.6. The number of phenols is 1. The Morgan fingerprint density at radius 3 is 2.36 bits per heavy atom. The lowest BCUT2D eigenvalue weighted by atomic mass is 9.94. The third kappa shape index (κ3) is 3.94. The van der Waals surface area contributed by atoms with Crippen LogP contribution in [0.25, 0.3) is 5.76 Å². The fourth-order valence-electron chi connectivity index (χ4n) is 3.99. The summed E-state index contributed by atoms with van der Waals surface area (Å²) in [6, 6.07) is 15.6. The highest BCUT2D eigenvalue weighted by Gasteiger charge is 2.47. The van der Waals surface area contributed by atoms with Gasteiger partial charge in [0.1, 0.15) is 17.3 Å². The van der Waals surface area contributed by atoms with Gasteiger partial charge in [-0.1, -0.05) is 35.9 Å². The predicted octanol–water partition coefficient (Wildman–Crippen LogP) is 5.30. The van der Waals surface area contributed by atoms with Crippen LogP contribution < -0.4 is 9.64 Å². The number of aromatic hydroxyl groups is 1. The van der Waals surface area contributed by atoms with Crippen molar-refractivity contribution >= 4 is 34.7 Å². The molecule has 1 aliphatic heterocycles. The highest BCUT2D eigenvalue weighted by molar-refractivity contribution is 6.52. The van der Waals surface area contributed by atoms with E-state index in [0.29, 0.717) is 17.0 Å². The number of halogens is 1. The standard InChI is InChI=1S/C26H22ClNO5/c1-14-4-5-15(2)21(12-14)28-23(16-6-8-17(29)9-7-16)22(25(31)26(28)32)24(30)19-13-18(33-3)10-11-20(19)27/h4-13,23,29-30H,1-3H3/b24-22+. The molecule has 1 unspecified atom stereocenters. The highest BCUT2D eigenvalue weighted by Crippen LogP contribution is 2.44. The lowest BCUT2D eigenvalue weighted by Crippen LogP contribution is -2.30. The molecular weight excluding hydrogens is 442 g/mol. The number of ketones is 1. The Morgan fingerprint density at radius 2 is 1.70 bits per heavy atom. The van der Waals surface area contributed by atoms with Crippen LogP contribution in [0.1, 0.15) is 28.3 Å². The number of aliphatic hydroxyl groups excluding tert-OH is 1. The van der Waals surface area contributed by atoms with Gasteiger partial charge >= 0.3 is 0 Å². The van der Waals surface area contributed by atoms with Crippen LogP contribution in [-0.2, 0) is 9.59 Å².